The predicted molar refractivity (Wildman–Crippen MR) is 209 cm³/mol. The number of aromatic nitrogens is 1. The fourth-order valence-electron chi connectivity index (χ4n) is 7.45. The normalized spacial score (nSPS) is 24.1. The van der Waals surface area contributed by atoms with Crippen LogP contribution in [0.5, 0.6) is 11.6 Å². The molecule has 2 N–H and O–H groups in total. The molecule has 3 fully saturated rings. The molecule has 1 saturated carbocycles. The fraction of sp³-hybridized carbons (Fsp3) is 0.643. The van der Waals surface area contributed by atoms with Gasteiger partial charge in [0.15, 0.2) is 0 Å². The number of amides is 3. The van der Waals surface area contributed by atoms with E-state index in [0.717, 1.165) is 36.5 Å². The molecule has 0 radical (unpaired) electrons. The highest BCUT2D eigenvalue weighted by molar-refractivity contribution is 5.94. The number of carbonyl (C=O) groups excluding carboxylic acids is 4. The lowest BCUT2D eigenvalue weighted by molar-refractivity contribution is -0.142. The van der Waals surface area contributed by atoms with E-state index >= 15 is 0 Å². The van der Waals surface area contributed by atoms with Crippen molar-refractivity contribution >= 4 is 35.1 Å². The first-order valence-electron chi connectivity index (χ1n) is 20.0. The van der Waals surface area contributed by atoms with E-state index in [1.165, 1.54) is 4.90 Å². The number of likely N-dealkylation sites (tertiary alicyclic amines) is 2. The highest BCUT2D eigenvalue weighted by atomic mass is 19.3. The van der Waals surface area contributed by atoms with Crippen LogP contribution in [0.15, 0.2) is 36.9 Å². The topological polar surface area (TPSA) is 139 Å². The standard InChI is InChI=1S/C42H59F2N5O7/c1-8-11-12-17-31-34(54-20-15-19-48-24-42(43,44)25-48)30-16-13-14-18-32(30)45-37(31)56-29-21-33(36(51)47-41(26-50)22-28(41)10-3)49(23-29)38(52)35(40(5,6)7)46-39(53)55-27(4)9-2/h10,13-14,16,18,26-29,33,35H,3,8-9,11-12,15,17,19-25H2,1-2,4-7H3,(H,46,53)(H,47,51)/t27-,28-,29-,33?,35-,41+/m1/s1. The average molecular weight is 784 g/mol. The molecule has 1 aromatic heterocycles. The van der Waals surface area contributed by atoms with Crippen LogP contribution < -0.4 is 20.1 Å². The van der Waals surface area contributed by atoms with Crippen LogP contribution in [-0.4, -0.2) is 108 Å². The van der Waals surface area contributed by atoms with Gasteiger partial charge in [0.25, 0.3) is 5.92 Å². The van der Waals surface area contributed by atoms with Gasteiger partial charge < -0.3 is 34.5 Å². The van der Waals surface area contributed by atoms with E-state index in [9.17, 15) is 28.0 Å². The summed E-state index contributed by atoms with van der Waals surface area (Å²) in [5.74, 6) is -2.90. The Labute approximate surface area is 329 Å². The van der Waals surface area contributed by atoms with Gasteiger partial charge in [0.1, 0.15) is 41.9 Å². The number of ether oxygens (including phenoxy) is 3. The molecule has 1 aromatic carbocycles. The molecule has 2 aliphatic heterocycles. The number of pyridine rings is 1. The summed E-state index contributed by atoms with van der Waals surface area (Å²) >= 11 is 0. The van der Waals surface area contributed by atoms with Gasteiger partial charge in [-0.1, -0.05) is 65.7 Å². The summed E-state index contributed by atoms with van der Waals surface area (Å²) in [5, 5.41) is 6.44. The van der Waals surface area contributed by atoms with Crippen molar-refractivity contribution in [3.63, 3.8) is 0 Å². The lowest BCUT2D eigenvalue weighted by Gasteiger charge is -2.38. The summed E-state index contributed by atoms with van der Waals surface area (Å²) in [6, 6.07) is 5.47. The molecule has 2 saturated heterocycles. The van der Waals surface area contributed by atoms with Gasteiger partial charge in [-0.3, -0.25) is 14.5 Å². The Bertz CT molecular complexity index is 1740. The SMILES string of the molecule is C=C[C@@H]1C[C@@]1(C=O)NC(=O)C1C[C@@H](Oc2nc3ccccc3c(OCCCN3CC(F)(F)C3)c2CCCCC)CN1C(=O)[C@@H](NC(=O)O[C@H](C)CC)C(C)(C)C. The minimum atomic E-state index is -2.63. The molecule has 3 heterocycles. The van der Waals surface area contributed by atoms with E-state index in [1.54, 1.807) is 17.9 Å². The zero-order valence-electron chi connectivity index (χ0n) is 33.7. The third kappa shape index (κ3) is 10.1. The number of hydrogen-bond acceptors (Lipinski definition) is 9. The van der Waals surface area contributed by atoms with Crippen molar-refractivity contribution in [2.24, 2.45) is 11.3 Å². The third-order valence-electron chi connectivity index (χ3n) is 11.0. The maximum Gasteiger partial charge on any atom is 0.408 e. The molecule has 1 aliphatic carbocycles. The van der Waals surface area contributed by atoms with Crippen molar-refractivity contribution in [1.29, 1.82) is 0 Å². The molecule has 3 amide bonds. The van der Waals surface area contributed by atoms with E-state index in [-0.39, 0.29) is 38.1 Å². The lowest BCUT2D eigenvalue weighted by Crippen LogP contribution is -2.58. The number of carbonyl (C=O) groups is 4. The molecule has 12 nitrogen and oxygen atoms in total. The number of nitrogens with one attached hydrogen (secondary N) is 2. The first-order chi connectivity index (χ1) is 26.5. The number of nitrogens with zero attached hydrogens (tertiary/aromatic N) is 3. The number of alkyl halides is 2. The number of benzene rings is 1. The predicted octanol–water partition coefficient (Wildman–Crippen LogP) is 6.23. The second-order valence-corrected chi connectivity index (χ2v) is 16.7. The quantitative estimate of drug-likeness (QED) is 0.0964. The number of para-hydroxylation sites is 1. The zero-order chi connectivity index (χ0) is 40.8. The van der Waals surface area contributed by atoms with Crippen LogP contribution in [0, 0.1) is 11.3 Å². The number of hydrogen-bond donors (Lipinski definition) is 2. The number of fused-ring (bicyclic) bond motifs is 1. The second kappa shape index (κ2) is 17.9. The van der Waals surface area contributed by atoms with Crippen LogP contribution in [0.2, 0.25) is 0 Å². The van der Waals surface area contributed by atoms with Crippen LogP contribution in [0.3, 0.4) is 0 Å². The average Bonchev–Trinajstić information content (AvgIpc) is 3.68. The van der Waals surface area contributed by atoms with Crippen LogP contribution in [-0.2, 0) is 25.5 Å². The number of aldehydes is 1. The Kier molecular flexibility index (Phi) is 13.6. The van der Waals surface area contributed by atoms with E-state index < -0.39 is 53.0 Å². The molecule has 3 aliphatic rings. The smallest absolute Gasteiger partial charge is 0.408 e. The summed E-state index contributed by atoms with van der Waals surface area (Å²) in [4.78, 5) is 61.8. The van der Waals surface area contributed by atoms with Gasteiger partial charge in [0.2, 0.25) is 17.7 Å². The Hall–Kier alpha value is -4.33. The summed E-state index contributed by atoms with van der Waals surface area (Å²) in [6.07, 6.45) is 5.56. The minimum Gasteiger partial charge on any atom is -0.492 e. The number of halogens is 2. The molecular formula is C42H59F2N5O7. The molecule has 308 valence electrons. The van der Waals surface area contributed by atoms with Gasteiger partial charge in [-0.05, 0) is 56.6 Å². The van der Waals surface area contributed by atoms with Gasteiger partial charge >= 0.3 is 6.09 Å². The Balaban J connectivity index is 1.45. The molecule has 1 unspecified atom stereocenters. The van der Waals surface area contributed by atoms with Crippen LogP contribution in [0.1, 0.15) is 92.1 Å². The third-order valence-corrected chi connectivity index (χ3v) is 11.0. The highest BCUT2D eigenvalue weighted by Crippen LogP contribution is 2.43. The summed E-state index contributed by atoms with van der Waals surface area (Å²) in [7, 11) is 0. The molecule has 14 heteroatoms. The first kappa shape index (κ1) is 42.8. The van der Waals surface area contributed by atoms with E-state index in [0.29, 0.717) is 56.0 Å². The summed E-state index contributed by atoms with van der Waals surface area (Å²) in [5.41, 5.74) is -0.473. The Morgan fingerprint density at radius 3 is 2.48 bits per heavy atom. The van der Waals surface area contributed by atoms with Crippen LogP contribution >= 0.6 is 0 Å². The lowest BCUT2D eigenvalue weighted by atomic mass is 9.85. The second-order valence-electron chi connectivity index (χ2n) is 16.7. The van der Waals surface area contributed by atoms with Gasteiger partial charge in [-0.2, -0.15) is 0 Å². The van der Waals surface area contributed by atoms with Crippen LogP contribution in [0.25, 0.3) is 10.9 Å². The van der Waals surface area contributed by atoms with Crippen LogP contribution in [0.4, 0.5) is 13.6 Å². The molecule has 6 atom stereocenters. The molecule has 2 aromatic rings. The van der Waals surface area contributed by atoms with Gasteiger partial charge in [-0.25, -0.2) is 18.6 Å². The molecule has 0 spiro atoms. The zero-order valence-corrected chi connectivity index (χ0v) is 33.7. The molecule has 56 heavy (non-hydrogen) atoms. The fourth-order valence-corrected chi connectivity index (χ4v) is 7.45. The molecular weight excluding hydrogens is 724 g/mol. The van der Waals surface area contributed by atoms with Gasteiger partial charge in [0.05, 0.1) is 37.3 Å². The maximum atomic E-state index is 14.5. The minimum absolute atomic E-state index is 0.00410. The van der Waals surface area contributed by atoms with Crippen molar-refractivity contribution in [2.75, 3.05) is 32.8 Å². The highest BCUT2D eigenvalue weighted by Gasteiger charge is 2.56. The summed E-state index contributed by atoms with van der Waals surface area (Å²) in [6.45, 7) is 15.3. The number of unbranched alkanes of at least 4 members (excludes halogenated alkanes) is 2. The monoisotopic (exact) mass is 783 g/mol. The van der Waals surface area contributed by atoms with E-state index in [2.05, 4.69) is 24.1 Å². The van der Waals surface area contributed by atoms with Gasteiger partial charge in [0, 0.05) is 24.3 Å². The maximum absolute atomic E-state index is 14.5. The van der Waals surface area contributed by atoms with Crippen molar-refractivity contribution in [2.45, 2.75) is 129 Å². The van der Waals surface area contributed by atoms with E-state index in [1.807, 2.05) is 52.0 Å². The Morgan fingerprint density at radius 2 is 1.86 bits per heavy atom. The van der Waals surface area contributed by atoms with Crippen molar-refractivity contribution < 1.29 is 42.2 Å². The Morgan fingerprint density at radius 1 is 1.12 bits per heavy atom. The van der Waals surface area contributed by atoms with E-state index in [4.69, 9.17) is 19.2 Å². The largest absolute Gasteiger partial charge is 0.492 e. The van der Waals surface area contributed by atoms with Crippen molar-refractivity contribution in [1.82, 2.24) is 25.4 Å². The molecule has 0 bridgehead atoms. The number of alkyl carbamates (subject to hydrolysis) is 1. The first-order valence-corrected chi connectivity index (χ1v) is 20.0. The van der Waals surface area contributed by atoms with Crippen molar-refractivity contribution in [3.05, 3.63) is 42.5 Å². The summed E-state index contributed by atoms with van der Waals surface area (Å²) < 4.78 is 45.5. The van der Waals surface area contributed by atoms with Crippen molar-refractivity contribution in [3.8, 4) is 11.6 Å². The molecule has 5 rings (SSSR count). The number of rotatable bonds is 19. The van der Waals surface area contributed by atoms with Gasteiger partial charge in [-0.15, -0.1) is 6.58 Å².